The van der Waals surface area contributed by atoms with Gasteiger partial charge in [0.25, 0.3) is 0 Å². The van der Waals surface area contributed by atoms with Crippen molar-refractivity contribution in [3.63, 3.8) is 0 Å². The van der Waals surface area contributed by atoms with Crippen molar-refractivity contribution in [1.29, 1.82) is 0 Å². The monoisotopic (exact) mass is 247 g/mol. The molecule has 0 saturated heterocycles. The predicted octanol–water partition coefficient (Wildman–Crippen LogP) is 3.91. The van der Waals surface area contributed by atoms with E-state index in [2.05, 4.69) is 12.2 Å². The molecule has 1 aromatic rings. The van der Waals surface area contributed by atoms with Gasteiger partial charge in [0.1, 0.15) is 5.82 Å². The van der Waals surface area contributed by atoms with Crippen LogP contribution in [0.15, 0.2) is 24.3 Å². The average Bonchev–Trinajstić information content (AvgIpc) is 2.98. The zero-order valence-electron chi connectivity index (χ0n) is 11.0. The van der Waals surface area contributed by atoms with Crippen LogP contribution in [0.1, 0.15) is 44.2 Å². The van der Waals surface area contributed by atoms with E-state index in [0.29, 0.717) is 0 Å². The molecule has 0 amide bonds. The Kier molecular flexibility index (Phi) is 3.38. The summed E-state index contributed by atoms with van der Waals surface area (Å²) < 4.78 is 13.2. The second-order valence-corrected chi connectivity index (χ2v) is 6.12. The van der Waals surface area contributed by atoms with Gasteiger partial charge in [-0.3, -0.25) is 0 Å². The molecule has 98 valence electrons. The summed E-state index contributed by atoms with van der Waals surface area (Å²) in [5, 5.41) is 3.59. The van der Waals surface area contributed by atoms with Crippen LogP contribution in [0.5, 0.6) is 0 Å². The van der Waals surface area contributed by atoms with Crippen molar-refractivity contribution in [3.05, 3.63) is 35.6 Å². The molecule has 3 rings (SSSR count). The van der Waals surface area contributed by atoms with Crippen LogP contribution in [0.4, 0.5) is 4.39 Å². The van der Waals surface area contributed by atoms with Gasteiger partial charge >= 0.3 is 0 Å². The minimum absolute atomic E-state index is 0.138. The highest BCUT2D eigenvalue weighted by atomic mass is 19.1. The molecule has 0 aromatic heterocycles. The second-order valence-electron chi connectivity index (χ2n) is 6.12. The second kappa shape index (κ2) is 5.00. The zero-order chi connectivity index (χ0) is 12.5. The number of hydrogen-bond donors (Lipinski definition) is 1. The van der Waals surface area contributed by atoms with Gasteiger partial charge in [-0.1, -0.05) is 18.6 Å². The summed E-state index contributed by atoms with van der Waals surface area (Å²) in [5.74, 6) is 2.69. The molecule has 2 bridgehead atoms. The third-order valence-corrected chi connectivity index (χ3v) is 4.92. The standard InChI is InChI=1S/C16H22FN/c1-11(13-3-2-4-16(17)9-13)18-10-15-8-12-5-6-14(15)7-12/h2-4,9,11-12,14-15,18H,5-8,10H2,1H3/t11-,12?,14?,15?/m1/s1. The van der Waals surface area contributed by atoms with Crippen molar-refractivity contribution < 1.29 is 4.39 Å². The van der Waals surface area contributed by atoms with Crippen LogP contribution in [0.25, 0.3) is 0 Å². The van der Waals surface area contributed by atoms with E-state index >= 15 is 0 Å². The minimum Gasteiger partial charge on any atom is -0.310 e. The van der Waals surface area contributed by atoms with E-state index in [1.807, 2.05) is 6.07 Å². The van der Waals surface area contributed by atoms with Gasteiger partial charge in [-0.2, -0.15) is 0 Å². The van der Waals surface area contributed by atoms with Crippen LogP contribution in [0.2, 0.25) is 0 Å². The molecule has 3 unspecified atom stereocenters. The summed E-state index contributed by atoms with van der Waals surface area (Å²) in [6, 6.07) is 7.19. The molecule has 2 heteroatoms. The molecule has 1 nitrogen and oxygen atoms in total. The number of benzene rings is 1. The lowest BCUT2D eigenvalue weighted by Gasteiger charge is -2.24. The van der Waals surface area contributed by atoms with Gasteiger partial charge in [-0.15, -0.1) is 0 Å². The van der Waals surface area contributed by atoms with Crippen molar-refractivity contribution in [2.45, 2.75) is 38.6 Å². The zero-order valence-corrected chi connectivity index (χ0v) is 11.0. The highest BCUT2D eigenvalue weighted by Gasteiger charge is 2.39. The Morgan fingerprint density at radius 3 is 2.89 bits per heavy atom. The van der Waals surface area contributed by atoms with Crippen molar-refractivity contribution >= 4 is 0 Å². The summed E-state index contributed by atoms with van der Waals surface area (Å²) in [7, 11) is 0. The van der Waals surface area contributed by atoms with E-state index in [-0.39, 0.29) is 11.9 Å². The van der Waals surface area contributed by atoms with Gasteiger partial charge in [0.2, 0.25) is 0 Å². The number of hydrogen-bond acceptors (Lipinski definition) is 1. The first kappa shape index (κ1) is 12.2. The first-order chi connectivity index (χ1) is 8.72. The Hall–Kier alpha value is -0.890. The van der Waals surface area contributed by atoms with Crippen LogP contribution in [-0.4, -0.2) is 6.54 Å². The molecule has 4 atom stereocenters. The quantitative estimate of drug-likeness (QED) is 0.850. The van der Waals surface area contributed by atoms with E-state index in [9.17, 15) is 4.39 Å². The highest BCUT2D eigenvalue weighted by molar-refractivity contribution is 5.19. The Labute approximate surface area is 109 Å². The molecular weight excluding hydrogens is 225 g/mol. The fourth-order valence-electron chi connectivity index (χ4n) is 3.85. The Morgan fingerprint density at radius 1 is 1.33 bits per heavy atom. The third-order valence-electron chi connectivity index (χ3n) is 4.92. The molecule has 0 aliphatic heterocycles. The molecule has 2 aliphatic carbocycles. The minimum atomic E-state index is -0.138. The van der Waals surface area contributed by atoms with Crippen molar-refractivity contribution in [2.24, 2.45) is 17.8 Å². The van der Waals surface area contributed by atoms with Crippen LogP contribution in [-0.2, 0) is 0 Å². The number of halogens is 1. The molecule has 1 aromatic carbocycles. The third kappa shape index (κ3) is 2.44. The normalized spacial score (nSPS) is 31.8. The van der Waals surface area contributed by atoms with Gasteiger partial charge in [0.05, 0.1) is 0 Å². The first-order valence-electron chi connectivity index (χ1n) is 7.21. The number of nitrogens with one attached hydrogen (secondary N) is 1. The number of fused-ring (bicyclic) bond motifs is 2. The van der Waals surface area contributed by atoms with Gasteiger partial charge in [-0.25, -0.2) is 4.39 Å². The summed E-state index contributed by atoms with van der Waals surface area (Å²) in [4.78, 5) is 0. The summed E-state index contributed by atoms with van der Waals surface area (Å²) in [6.07, 6.45) is 5.76. The smallest absolute Gasteiger partial charge is 0.123 e. The maximum absolute atomic E-state index is 13.2. The molecule has 2 aliphatic rings. The molecule has 1 N–H and O–H groups in total. The summed E-state index contributed by atoms with van der Waals surface area (Å²) in [5.41, 5.74) is 1.05. The lowest BCUT2D eigenvalue weighted by molar-refractivity contribution is 0.309. The fraction of sp³-hybridized carbons (Fsp3) is 0.625. The first-order valence-corrected chi connectivity index (χ1v) is 7.21. The van der Waals surface area contributed by atoms with Crippen LogP contribution < -0.4 is 5.32 Å². The predicted molar refractivity (Wildman–Crippen MR) is 71.8 cm³/mol. The molecular formula is C16H22FN. The Balaban J connectivity index is 1.54. The van der Waals surface area contributed by atoms with E-state index < -0.39 is 0 Å². The maximum atomic E-state index is 13.2. The molecule has 0 spiro atoms. The Morgan fingerprint density at radius 2 is 2.22 bits per heavy atom. The van der Waals surface area contributed by atoms with Crippen molar-refractivity contribution in [3.8, 4) is 0 Å². The molecule has 0 radical (unpaired) electrons. The topological polar surface area (TPSA) is 12.0 Å². The van der Waals surface area contributed by atoms with Gasteiger partial charge in [0, 0.05) is 6.04 Å². The molecule has 0 heterocycles. The number of rotatable bonds is 4. The van der Waals surface area contributed by atoms with Gasteiger partial charge in [0.15, 0.2) is 0 Å². The van der Waals surface area contributed by atoms with Gasteiger partial charge < -0.3 is 5.32 Å². The highest BCUT2D eigenvalue weighted by Crippen LogP contribution is 2.48. The van der Waals surface area contributed by atoms with Crippen LogP contribution in [0, 0.1) is 23.6 Å². The van der Waals surface area contributed by atoms with Gasteiger partial charge in [-0.05, 0) is 68.2 Å². The Bertz CT molecular complexity index is 417. The molecule has 2 fully saturated rings. The lowest BCUT2D eigenvalue weighted by atomic mass is 9.88. The van der Waals surface area contributed by atoms with E-state index in [1.165, 1.54) is 31.7 Å². The van der Waals surface area contributed by atoms with Crippen LogP contribution in [0.3, 0.4) is 0 Å². The average molecular weight is 247 g/mol. The van der Waals surface area contributed by atoms with E-state index in [4.69, 9.17) is 0 Å². The maximum Gasteiger partial charge on any atom is 0.123 e. The summed E-state index contributed by atoms with van der Waals surface area (Å²) in [6.45, 7) is 3.22. The van der Waals surface area contributed by atoms with Crippen molar-refractivity contribution in [2.75, 3.05) is 6.54 Å². The van der Waals surface area contributed by atoms with Crippen molar-refractivity contribution in [1.82, 2.24) is 5.32 Å². The van der Waals surface area contributed by atoms with E-state index in [1.54, 1.807) is 12.1 Å². The van der Waals surface area contributed by atoms with E-state index in [0.717, 1.165) is 29.9 Å². The SMILES string of the molecule is C[C@@H](NCC1CC2CCC1C2)c1cccc(F)c1. The summed E-state index contributed by atoms with van der Waals surface area (Å²) >= 11 is 0. The lowest BCUT2D eigenvalue weighted by Crippen LogP contribution is -2.28. The van der Waals surface area contributed by atoms with Crippen LogP contribution >= 0.6 is 0 Å². The fourth-order valence-corrected chi connectivity index (χ4v) is 3.85. The molecule has 2 saturated carbocycles. The molecule has 18 heavy (non-hydrogen) atoms. The largest absolute Gasteiger partial charge is 0.310 e.